The molecule has 2 amide bonds. The maximum Gasteiger partial charge on any atom is 0.340 e. The molecule has 1 atom stereocenters. The van der Waals surface area contributed by atoms with Crippen molar-refractivity contribution in [1.82, 2.24) is 4.90 Å². The first kappa shape index (κ1) is 20.6. The summed E-state index contributed by atoms with van der Waals surface area (Å²) in [5.41, 5.74) is 6.85. The van der Waals surface area contributed by atoms with Gasteiger partial charge in [-0.05, 0) is 43.5 Å². The second-order valence-corrected chi connectivity index (χ2v) is 6.88. The summed E-state index contributed by atoms with van der Waals surface area (Å²) in [6.45, 7) is 2.61. The molecule has 0 radical (unpaired) electrons. The lowest BCUT2D eigenvalue weighted by Gasteiger charge is -2.21. The van der Waals surface area contributed by atoms with Crippen molar-refractivity contribution >= 4 is 23.9 Å². The minimum absolute atomic E-state index is 0.0335. The molecule has 0 saturated carbocycles. The Bertz CT molecular complexity index is 866. The summed E-state index contributed by atoms with van der Waals surface area (Å²) in [6.07, 6.45) is 3.46. The maximum absolute atomic E-state index is 13.1. The highest BCUT2D eigenvalue weighted by Crippen LogP contribution is 2.33. The molecule has 0 aliphatic carbocycles. The Kier molecular flexibility index (Phi) is 6.33. The third-order valence-corrected chi connectivity index (χ3v) is 4.88. The molecule has 0 bridgehead atoms. The Morgan fingerprint density at radius 2 is 2.03 bits per heavy atom. The molecule has 2 N–H and O–H groups in total. The van der Waals surface area contributed by atoms with Gasteiger partial charge in [0.2, 0.25) is 0 Å². The van der Waals surface area contributed by atoms with Gasteiger partial charge in [-0.15, -0.1) is 0 Å². The molecule has 8 nitrogen and oxygen atoms in total. The van der Waals surface area contributed by atoms with Gasteiger partial charge in [0.25, 0.3) is 11.8 Å². The van der Waals surface area contributed by atoms with Crippen molar-refractivity contribution in [2.75, 3.05) is 26.9 Å². The fourth-order valence-corrected chi connectivity index (χ4v) is 3.42. The minimum Gasteiger partial charge on any atom is -0.484 e. The second kappa shape index (κ2) is 8.91. The first-order valence-electron chi connectivity index (χ1n) is 9.36. The van der Waals surface area contributed by atoms with Gasteiger partial charge in [-0.2, -0.15) is 0 Å². The highest BCUT2D eigenvalue weighted by molar-refractivity contribution is 6.16. The molecular weight excluding hydrogens is 376 g/mol. The summed E-state index contributed by atoms with van der Waals surface area (Å²) in [4.78, 5) is 37.8. The third-order valence-electron chi connectivity index (χ3n) is 4.88. The number of benzene rings is 1. The van der Waals surface area contributed by atoms with E-state index in [0.29, 0.717) is 30.2 Å². The molecule has 8 heteroatoms. The quantitative estimate of drug-likeness (QED) is 0.548. The largest absolute Gasteiger partial charge is 0.484 e. The van der Waals surface area contributed by atoms with E-state index in [0.717, 1.165) is 12.8 Å². The second-order valence-electron chi connectivity index (χ2n) is 6.88. The number of hydrogen-bond donors (Lipinski definition) is 1. The molecule has 1 aromatic carbocycles. The van der Waals surface area contributed by atoms with Crippen LogP contribution < -0.4 is 10.5 Å². The van der Waals surface area contributed by atoms with Crippen molar-refractivity contribution in [3.05, 3.63) is 46.7 Å². The van der Waals surface area contributed by atoms with E-state index >= 15 is 0 Å². The average Bonchev–Trinajstić information content (AvgIpc) is 3.30. The maximum atomic E-state index is 13.1. The Morgan fingerprint density at radius 1 is 1.31 bits per heavy atom. The van der Waals surface area contributed by atoms with Crippen LogP contribution in [0.15, 0.2) is 41.1 Å². The number of primary amides is 1. The Balaban J connectivity index is 1.86. The van der Waals surface area contributed by atoms with Crippen LogP contribution in [0.2, 0.25) is 0 Å². The Morgan fingerprint density at radius 3 is 2.62 bits per heavy atom. The molecule has 29 heavy (non-hydrogen) atoms. The van der Waals surface area contributed by atoms with Crippen LogP contribution in [0.3, 0.4) is 0 Å². The zero-order chi connectivity index (χ0) is 21.0. The Hall–Kier alpha value is -3.13. The predicted molar refractivity (Wildman–Crippen MR) is 105 cm³/mol. The number of nitrogens with two attached hydrogens (primary N) is 1. The lowest BCUT2D eigenvalue weighted by molar-refractivity contribution is -0.136. The number of rotatable bonds is 7. The summed E-state index contributed by atoms with van der Waals surface area (Å²) in [5, 5.41) is 0. The molecular formula is C21H24N2O6. The van der Waals surface area contributed by atoms with E-state index in [4.69, 9.17) is 19.9 Å². The van der Waals surface area contributed by atoms with Crippen LogP contribution in [-0.2, 0) is 23.9 Å². The number of methoxy groups -OCH3 is 1. The van der Waals surface area contributed by atoms with Gasteiger partial charge in [0.05, 0.1) is 30.9 Å². The van der Waals surface area contributed by atoms with E-state index in [1.807, 2.05) is 0 Å². The molecule has 154 valence electrons. The van der Waals surface area contributed by atoms with Gasteiger partial charge in [0.15, 0.2) is 6.61 Å². The van der Waals surface area contributed by atoms with E-state index in [9.17, 15) is 14.4 Å². The van der Waals surface area contributed by atoms with Gasteiger partial charge in [0.1, 0.15) is 5.75 Å². The van der Waals surface area contributed by atoms with Crippen molar-refractivity contribution in [3.63, 3.8) is 0 Å². The fraction of sp³-hybridized carbons (Fsp3) is 0.381. The van der Waals surface area contributed by atoms with Gasteiger partial charge in [-0.1, -0.05) is 12.1 Å². The topological polar surface area (TPSA) is 108 Å². The van der Waals surface area contributed by atoms with E-state index in [2.05, 4.69) is 0 Å². The molecule has 3 rings (SSSR count). The number of ether oxygens (including phenoxy) is 3. The number of carbonyl (C=O) groups is 3. The number of esters is 1. The summed E-state index contributed by atoms with van der Waals surface area (Å²) in [7, 11) is 1.29. The summed E-state index contributed by atoms with van der Waals surface area (Å²) in [6, 6.07) is 6.77. The van der Waals surface area contributed by atoms with Gasteiger partial charge in [0, 0.05) is 12.3 Å². The molecule has 2 aliphatic rings. The first-order chi connectivity index (χ1) is 13.9. The van der Waals surface area contributed by atoms with Gasteiger partial charge < -0.3 is 24.8 Å². The van der Waals surface area contributed by atoms with Crippen molar-refractivity contribution < 1.29 is 28.6 Å². The Labute approximate surface area is 168 Å². The lowest BCUT2D eigenvalue weighted by Crippen LogP contribution is -2.33. The fourth-order valence-electron chi connectivity index (χ4n) is 3.42. The molecule has 1 saturated heterocycles. The van der Waals surface area contributed by atoms with E-state index in [1.54, 1.807) is 42.2 Å². The van der Waals surface area contributed by atoms with Crippen LogP contribution >= 0.6 is 0 Å². The van der Waals surface area contributed by atoms with Gasteiger partial charge in [-0.3, -0.25) is 9.59 Å². The monoisotopic (exact) mass is 400 g/mol. The molecule has 0 aromatic heterocycles. The van der Waals surface area contributed by atoms with E-state index < -0.39 is 11.9 Å². The minimum atomic E-state index is -0.567. The van der Waals surface area contributed by atoms with Crippen molar-refractivity contribution in [3.8, 4) is 5.75 Å². The molecule has 0 spiro atoms. The van der Waals surface area contributed by atoms with Crippen LogP contribution in [0, 0.1) is 0 Å². The normalized spacial score (nSPS) is 20.5. The number of allylic oxidation sites excluding steroid dienone is 1. The van der Waals surface area contributed by atoms with Gasteiger partial charge >= 0.3 is 5.97 Å². The zero-order valence-corrected chi connectivity index (χ0v) is 16.5. The molecule has 2 aliphatic heterocycles. The molecule has 2 heterocycles. The van der Waals surface area contributed by atoms with Crippen molar-refractivity contribution in [2.24, 2.45) is 5.73 Å². The van der Waals surface area contributed by atoms with Crippen LogP contribution in [-0.4, -0.2) is 55.7 Å². The highest BCUT2D eigenvalue weighted by atomic mass is 16.5. The van der Waals surface area contributed by atoms with E-state index in [1.165, 1.54) is 7.11 Å². The van der Waals surface area contributed by atoms with E-state index in [-0.39, 0.29) is 29.8 Å². The van der Waals surface area contributed by atoms with Crippen LogP contribution in [0.25, 0.3) is 6.08 Å². The first-order valence-corrected chi connectivity index (χ1v) is 9.36. The summed E-state index contributed by atoms with van der Waals surface area (Å²) >= 11 is 0. The van der Waals surface area contributed by atoms with Crippen molar-refractivity contribution in [1.29, 1.82) is 0 Å². The number of nitrogens with zero attached hydrogens (tertiary/aromatic N) is 1. The highest BCUT2D eigenvalue weighted by Gasteiger charge is 2.38. The predicted octanol–water partition coefficient (Wildman–Crippen LogP) is 1.40. The van der Waals surface area contributed by atoms with Crippen molar-refractivity contribution in [2.45, 2.75) is 25.9 Å². The van der Waals surface area contributed by atoms with Crippen LogP contribution in [0.5, 0.6) is 5.75 Å². The lowest BCUT2D eigenvalue weighted by atomic mass is 10.0. The van der Waals surface area contributed by atoms with Crippen LogP contribution in [0.4, 0.5) is 0 Å². The molecule has 1 aromatic rings. The SMILES string of the molecule is COC(=O)C1=C(C)N(C[C@@H]2CCCO2)C(=O)/C1=C\c1ccc(OCC(N)=O)cc1. The zero-order valence-electron chi connectivity index (χ0n) is 16.5. The molecule has 0 unspecified atom stereocenters. The average molecular weight is 400 g/mol. The summed E-state index contributed by atoms with van der Waals surface area (Å²) in [5.74, 6) is -0.906. The number of amides is 2. The third kappa shape index (κ3) is 4.65. The summed E-state index contributed by atoms with van der Waals surface area (Å²) < 4.78 is 15.8. The standard InChI is InChI=1S/C21H24N2O6/c1-13-19(21(26)27-2)17(20(25)23(13)11-16-4-3-9-28-16)10-14-5-7-15(8-6-14)29-12-18(22)24/h5-8,10,16H,3-4,9,11-12H2,1-2H3,(H2,22,24)/b17-10-/t16-/m0/s1. The number of hydrogen-bond acceptors (Lipinski definition) is 6. The van der Waals surface area contributed by atoms with Gasteiger partial charge in [-0.25, -0.2) is 4.79 Å². The molecule has 1 fully saturated rings. The number of carbonyl (C=O) groups excluding carboxylic acids is 3. The smallest absolute Gasteiger partial charge is 0.340 e. The van der Waals surface area contributed by atoms with Crippen LogP contribution in [0.1, 0.15) is 25.3 Å².